The lowest BCUT2D eigenvalue weighted by Crippen LogP contribution is -2.33. The van der Waals surface area contributed by atoms with Crippen LogP contribution in [0.15, 0.2) is 12.1 Å². The number of halogens is 1. The fraction of sp³-hybridized carbons (Fsp3) is 0.545. The van der Waals surface area contributed by atoms with Gasteiger partial charge in [-0.05, 0) is 25.5 Å². The molecule has 0 saturated heterocycles. The SMILES string of the molecule is CCC(C)NC(=O)CSCc1ccc(Cl)s1. The molecule has 1 N–H and O–H groups in total. The minimum atomic E-state index is 0.113. The smallest absolute Gasteiger partial charge is 0.230 e. The van der Waals surface area contributed by atoms with Gasteiger partial charge in [-0.3, -0.25) is 4.79 Å². The summed E-state index contributed by atoms with van der Waals surface area (Å²) in [6.45, 7) is 4.08. The van der Waals surface area contributed by atoms with E-state index in [4.69, 9.17) is 11.6 Å². The molecule has 0 aliphatic carbocycles. The van der Waals surface area contributed by atoms with E-state index in [0.717, 1.165) is 16.5 Å². The van der Waals surface area contributed by atoms with Crippen LogP contribution in [0.25, 0.3) is 0 Å². The van der Waals surface area contributed by atoms with Crippen LogP contribution >= 0.6 is 34.7 Å². The highest BCUT2D eigenvalue weighted by Gasteiger charge is 2.06. The van der Waals surface area contributed by atoms with E-state index in [-0.39, 0.29) is 11.9 Å². The maximum Gasteiger partial charge on any atom is 0.230 e. The predicted molar refractivity (Wildman–Crippen MR) is 73.4 cm³/mol. The monoisotopic (exact) mass is 277 g/mol. The van der Waals surface area contributed by atoms with Crippen molar-refractivity contribution >= 4 is 40.6 Å². The summed E-state index contributed by atoms with van der Waals surface area (Å²) in [6, 6.07) is 4.16. The number of amides is 1. The van der Waals surface area contributed by atoms with Gasteiger partial charge < -0.3 is 5.32 Å². The van der Waals surface area contributed by atoms with Crippen molar-refractivity contribution in [3.8, 4) is 0 Å². The average Bonchev–Trinajstić information content (AvgIpc) is 2.64. The van der Waals surface area contributed by atoms with Gasteiger partial charge in [0.05, 0.1) is 10.1 Å². The summed E-state index contributed by atoms with van der Waals surface area (Å²) >= 11 is 9.01. The van der Waals surface area contributed by atoms with Crippen molar-refractivity contribution in [2.75, 3.05) is 5.75 Å². The highest BCUT2D eigenvalue weighted by molar-refractivity contribution is 7.99. The Morgan fingerprint density at radius 3 is 2.94 bits per heavy atom. The normalized spacial score (nSPS) is 12.4. The van der Waals surface area contributed by atoms with E-state index in [1.165, 1.54) is 4.88 Å². The van der Waals surface area contributed by atoms with Crippen molar-refractivity contribution < 1.29 is 4.79 Å². The van der Waals surface area contributed by atoms with Gasteiger partial charge in [0.15, 0.2) is 0 Å². The molecule has 1 unspecified atom stereocenters. The third-order valence-corrected chi connectivity index (χ3v) is 4.52. The van der Waals surface area contributed by atoms with Crippen LogP contribution in [0.2, 0.25) is 4.34 Å². The van der Waals surface area contributed by atoms with Gasteiger partial charge in [0.25, 0.3) is 0 Å². The fourth-order valence-electron chi connectivity index (χ4n) is 1.09. The summed E-state index contributed by atoms with van der Waals surface area (Å²) in [5.74, 6) is 1.48. The van der Waals surface area contributed by atoms with Crippen LogP contribution in [-0.2, 0) is 10.5 Å². The van der Waals surface area contributed by atoms with Crippen LogP contribution in [0, 0.1) is 0 Å². The van der Waals surface area contributed by atoms with Crippen molar-refractivity contribution in [1.82, 2.24) is 5.32 Å². The van der Waals surface area contributed by atoms with Gasteiger partial charge in [0, 0.05) is 16.7 Å². The van der Waals surface area contributed by atoms with E-state index in [9.17, 15) is 4.79 Å². The van der Waals surface area contributed by atoms with E-state index in [1.807, 2.05) is 19.1 Å². The van der Waals surface area contributed by atoms with Crippen LogP contribution in [0.4, 0.5) is 0 Å². The van der Waals surface area contributed by atoms with E-state index >= 15 is 0 Å². The second-order valence-corrected chi connectivity index (χ2v) is 6.36. The summed E-state index contributed by atoms with van der Waals surface area (Å²) < 4.78 is 0.805. The lowest BCUT2D eigenvalue weighted by Gasteiger charge is -2.10. The standard InChI is InChI=1S/C11H16ClNOS2/c1-3-8(2)13-11(14)7-15-6-9-4-5-10(12)16-9/h4-5,8H,3,6-7H2,1-2H3,(H,13,14). The highest BCUT2D eigenvalue weighted by atomic mass is 35.5. The Hall–Kier alpha value is -0.190. The Morgan fingerprint density at radius 1 is 1.62 bits per heavy atom. The molecule has 1 rings (SSSR count). The summed E-state index contributed by atoms with van der Waals surface area (Å²) in [5, 5.41) is 2.94. The second-order valence-electron chi connectivity index (χ2n) is 3.58. The molecule has 2 nitrogen and oxygen atoms in total. The Kier molecular flexibility index (Phi) is 6.24. The molecule has 0 aromatic carbocycles. The number of rotatable bonds is 6. The Bertz CT molecular complexity index is 340. The predicted octanol–water partition coefficient (Wildman–Crippen LogP) is 3.55. The number of hydrogen-bond acceptors (Lipinski definition) is 3. The largest absolute Gasteiger partial charge is 0.353 e. The van der Waals surface area contributed by atoms with Gasteiger partial charge in [-0.2, -0.15) is 0 Å². The molecule has 90 valence electrons. The maximum absolute atomic E-state index is 11.5. The molecular weight excluding hydrogens is 262 g/mol. The van der Waals surface area contributed by atoms with Gasteiger partial charge >= 0.3 is 0 Å². The Balaban J connectivity index is 2.18. The molecule has 1 aromatic heterocycles. The lowest BCUT2D eigenvalue weighted by molar-refractivity contribution is -0.119. The molecule has 0 aliphatic heterocycles. The Morgan fingerprint density at radius 2 is 2.38 bits per heavy atom. The van der Waals surface area contributed by atoms with Crippen LogP contribution < -0.4 is 5.32 Å². The van der Waals surface area contributed by atoms with E-state index in [0.29, 0.717) is 5.75 Å². The summed E-state index contributed by atoms with van der Waals surface area (Å²) in [6.07, 6.45) is 0.969. The molecule has 1 atom stereocenters. The van der Waals surface area contributed by atoms with Crippen molar-refractivity contribution in [3.05, 3.63) is 21.3 Å². The number of hydrogen-bond donors (Lipinski definition) is 1. The lowest BCUT2D eigenvalue weighted by atomic mass is 10.3. The summed E-state index contributed by atoms with van der Waals surface area (Å²) in [4.78, 5) is 12.7. The number of carbonyl (C=O) groups is 1. The van der Waals surface area contributed by atoms with Crippen molar-refractivity contribution in [2.45, 2.75) is 32.1 Å². The van der Waals surface area contributed by atoms with Crippen LogP contribution in [0.5, 0.6) is 0 Å². The van der Waals surface area contributed by atoms with Gasteiger partial charge in [-0.1, -0.05) is 18.5 Å². The molecule has 1 aromatic rings. The van der Waals surface area contributed by atoms with Crippen LogP contribution in [-0.4, -0.2) is 17.7 Å². The zero-order chi connectivity index (χ0) is 12.0. The van der Waals surface area contributed by atoms with Crippen LogP contribution in [0.3, 0.4) is 0 Å². The van der Waals surface area contributed by atoms with Gasteiger partial charge in [-0.15, -0.1) is 23.1 Å². The zero-order valence-electron chi connectivity index (χ0n) is 9.46. The Labute approximate surface area is 110 Å². The van der Waals surface area contributed by atoms with Gasteiger partial charge in [-0.25, -0.2) is 0 Å². The van der Waals surface area contributed by atoms with Crippen LogP contribution in [0.1, 0.15) is 25.1 Å². The third kappa shape index (κ3) is 5.23. The molecular formula is C11H16ClNOS2. The average molecular weight is 278 g/mol. The number of thiophene rings is 1. The second kappa shape index (κ2) is 7.20. The first kappa shape index (κ1) is 13.9. The molecule has 0 spiro atoms. The maximum atomic E-state index is 11.5. The number of nitrogens with one attached hydrogen (secondary N) is 1. The van der Waals surface area contributed by atoms with Crippen molar-refractivity contribution in [2.24, 2.45) is 0 Å². The molecule has 16 heavy (non-hydrogen) atoms. The minimum absolute atomic E-state index is 0.113. The first-order valence-electron chi connectivity index (χ1n) is 5.23. The fourth-order valence-corrected chi connectivity index (χ4v) is 3.13. The number of carbonyl (C=O) groups excluding carboxylic acids is 1. The zero-order valence-corrected chi connectivity index (χ0v) is 11.8. The van der Waals surface area contributed by atoms with E-state index in [2.05, 4.69) is 12.2 Å². The van der Waals surface area contributed by atoms with Crippen molar-refractivity contribution in [3.63, 3.8) is 0 Å². The molecule has 1 heterocycles. The highest BCUT2D eigenvalue weighted by Crippen LogP contribution is 2.24. The molecule has 0 fully saturated rings. The van der Waals surface area contributed by atoms with E-state index < -0.39 is 0 Å². The molecule has 0 bridgehead atoms. The topological polar surface area (TPSA) is 29.1 Å². The number of thioether (sulfide) groups is 1. The molecule has 0 radical (unpaired) electrons. The quantitative estimate of drug-likeness (QED) is 0.862. The minimum Gasteiger partial charge on any atom is -0.353 e. The summed E-state index contributed by atoms with van der Waals surface area (Å²) in [7, 11) is 0. The van der Waals surface area contributed by atoms with Crippen molar-refractivity contribution in [1.29, 1.82) is 0 Å². The molecule has 0 saturated carbocycles. The first-order valence-corrected chi connectivity index (χ1v) is 7.58. The third-order valence-electron chi connectivity index (χ3n) is 2.13. The molecule has 5 heteroatoms. The molecule has 0 aliphatic rings. The first-order chi connectivity index (χ1) is 7.61. The van der Waals surface area contributed by atoms with E-state index in [1.54, 1.807) is 23.1 Å². The van der Waals surface area contributed by atoms with Gasteiger partial charge in [0.1, 0.15) is 0 Å². The van der Waals surface area contributed by atoms with Gasteiger partial charge in [0.2, 0.25) is 5.91 Å². The summed E-state index contributed by atoms with van der Waals surface area (Å²) in [5.41, 5.74) is 0. The molecule has 1 amide bonds.